The van der Waals surface area contributed by atoms with Gasteiger partial charge in [-0.25, -0.2) is 14.4 Å². The van der Waals surface area contributed by atoms with Crippen molar-refractivity contribution in [3.63, 3.8) is 0 Å². The van der Waals surface area contributed by atoms with Gasteiger partial charge < -0.3 is 19.1 Å². The molecule has 0 spiro atoms. The molecule has 0 rings (SSSR count). The number of likely N-dealkylation sites (N-methyl/N-ethyl adjacent to an activating group) is 1. The lowest BCUT2D eigenvalue weighted by Crippen LogP contribution is -2.20. The Morgan fingerprint density at radius 3 is 1.79 bits per heavy atom. The first-order valence-electron chi connectivity index (χ1n) is 9.28. The molecule has 0 aliphatic carbocycles. The molecular formula is C21H33NO6. The molecule has 0 aliphatic heterocycles. The van der Waals surface area contributed by atoms with Crippen LogP contribution >= 0.6 is 0 Å². The van der Waals surface area contributed by atoms with Crippen molar-refractivity contribution in [3.05, 3.63) is 34.4 Å². The fourth-order valence-electron chi connectivity index (χ4n) is 1.97. The highest BCUT2D eigenvalue weighted by atomic mass is 16.5. The number of hydrogen-bond acceptors (Lipinski definition) is 7. The Kier molecular flexibility index (Phi) is 12.5. The van der Waals surface area contributed by atoms with Crippen LogP contribution in [0.3, 0.4) is 0 Å². The van der Waals surface area contributed by atoms with Crippen LogP contribution in [0, 0.1) is 0 Å². The summed E-state index contributed by atoms with van der Waals surface area (Å²) in [4.78, 5) is 38.1. The van der Waals surface area contributed by atoms with E-state index >= 15 is 0 Å². The van der Waals surface area contributed by atoms with E-state index in [0.29, 0.717) is 29.9 Å². The van der Waals surface area contributed by atoms with E-state index in [4.69, 9.17) is 14.2 Å². The Morgan fingerprint density at radius 2 is 1.36 bits per heavy atom. The van der Waals surface area contributed by atoms with E-state index in [-0.39, 0.29) is 12.2 Å². The van der Waals surface area contributed by atoms with Gasteiger partial charge in [0, 0.05) is 23.3 Å². The lowest BCUT2D eigenvalue weighted by Gasteiger charge is -2.11. The summed E-state index contributed by atoms with van der Waals surface area (Å²) in [7, 11) is 5.03. The molecule has 0 fully saturated rings. The van der Waals surface area contributed by atoms with Crippen LogP contribution in [-0.2, 0) is 28.6 Å². The molecule has 0 atom stereocenters. The first kappa shape index (κ1) is 25.6. The minimum atomic E-state index is -0.552. The van der Waals surface area contributed by atoms with Crippen LogP contribution in [0.1, 0.15) is 40.5 Å². The van der Waals surface area contributed by atoms with Crippen LogP contribution in [-0.4, -0.2) is 63.8 Å². The number of carbonyl (C=O) groups is 3. The van der Waals surface area contributed by atoms with Crippen LogP contribution in [0.4, 0.5) is 0 Å². The van der Waals surface area contributed by atoms with Crippen molar-refractivity contribution in [2.24, 2.45) is 0 Å². The molecule has 7 nitrogen and oxygen atoms in total. The molecule has 0 radical (unpaired) electrons. The summed E-state index contributed by atoms with van der Waals surface area (Å²) in [5, 5.41) is 0. The van der Waals surface area contributed by atoms with Gasteiger partial charge in [0.2, 0.25) is 0 Å². The number of carbonyl (C=O) groups excluding carboxylic acids is 3. The average Bonchev–Trinajstić information content (AvgIpc) is 2.65. The quantitative estimate of drug-likeness (QED) is 0.175. The van der Waals surface area contributed by atoms with E-state index in [1.807, 2.05) is 25.9 Å². The Hall–Kier alpha value is -2.41. The smallest absolute Gasteiger partial charge is 0.334 e. The van der Waals surface area contributed by atoms with Crippen molar-refractivity contribution >= 4 is 17.9 Å². The maximum absolute atomic E-state index is 12.2. The van der Waals surface area contributed by atoms with Gasteiger partial charge in [0.05, 0.1) is 13.7 Å². The molecule has 0 bridgehead atoms. The molecule has 0 amide bonds. The number of ether oxygens (including phenoxy) is 3. The summed E-state index contributed by atoms with van der Waals surface area (Å²) in [5.74, 6) is -1.51. The zero-order valence-electron chi connectivity index (χ0n) is 18.1. The van der Waals surface area contributed by atoms with Gasteiger partial charge in [0.25, 0.3) is 0 Å². The fraction of sp³-hybridized carbons (Fsp3) is 0.571. The standard InChI is InChI=1S/C21H33NO6/c1-8-9-11-27-19(23)15(2)13-18(17(4)21(25)26-7)14-16(3)20(24)28-12-10-22(5)6/h13-14H,8-12H2,1-7H3/b15-13+,16-14+,18-17-. The lowest BCUT2D eigenvalue weighted by atomic mass is 10.0. The summed E-state index contributed by atoms with van der Waals surface area (Å²) in [6.45, 7) is 7.94. The highest BCUT2D eigenvalue weighted by Gasteiger charge is 2.14. The van der Waals surface area contributed by atoms with Crippen LogP contribution in [0.25, 0.3) is 0 Å². The highest BCUT2D eigenvalue weighted by molar-refractivity contribution is 5.94. The Labute approximate surface area is 168 Å². The fourth-order valence-corrected chi connectivity index (χ4v) is 1.97. The zero-order valence-corrected chi connectivity index (χ0v) is 18.1. The third-order valence-corrected chi connectivity index (χ3v) is 3.82. The maximum atomic E-state index is 12.2. The molecule has 0 aromatic heterocycles. The minimum absolute atomic E-state index is 0.255. The molecule has 0 saturated carbocycles. The molecule has 0 unspecified atom stereocenters. The van der Waals surface area contributed by atoms with E-state index in [1.165, 1.54) is 19.3 Å². The third-order valence-electron chi connectivity index (χ3n) is 3.82. The topological polar surface area (TPSA) is 82.1 Å². The summed E-state index contributed by atoms with van der Waals surface area (Å²) in [5.41, 5.74) is 1.28. The van der Waals surface area contributed by atoms with Gasteiger partial charge in [0.1, 0.15) is 6.61 Å². The zero-order chi connectivity index (χ0) is 21.7. The molecule has 158 valence electrons. The van der Waals surface area contributed by atoms with Crippen molar-refractivity contribution in [2.75, 3.05) is 41.0 Å². The predicted molar refractivity (Wildman–Crippen MR) is 108 cm³/mol. The van der Waals surface area contributed by atoms with Gasteiger partial charge in [-0.1, -0.05) is 13.3 Å². The second kappa shape index (κ2) is 13.7. The second-order valence-corrected chi connectivity index (χ2v) is 6.66. The molecule has 0 aromatic rings. The van der Waals surface area contributed by atoms with Gasteiger partial charge in [-0.05, 0) is 59.0 Å². The summed E-state index contributed by atoms with van der Waals surface area (Å²) in [6, 6.07) is 0. The van der Waals surface area contributed by atoms with Gasteiger partial charge in [-0.2, -0.15) is 0 Å². The van der Waals surface area contributed by atoms with E-state index in [1.54, 1.807) is 20.8 Å². The van der Waals surface area contributed by atoms with Gasteiger partial charge in [-0.3, -0.25) is 0 Å². The molecule has 0 aliphatic rings. The number of methoxy groups -OCH3 is 1. The van der Waals surface area contributed by atoms with Gasteiger partial charge >= 0.3 is 17.9 Å². The Morgan fingerprint density at radius 1 is 0.857 bits per heavy atom. The Bertz CT molecular complexity index is 643. The molecule has 28 heavy (non-hydrogen) atoms. The number of esters is 3. The lowest BCUT2D eigenvalue weighted by molar-refractivity contribution is -0.140. The predicted octanol–water partition coefficient (Wildman–Crippen LogP) is 2.82. The monoisotopic (exact) mass is 395 g/mol. The highest BCUT2D eigenvalue weighted by Crippen LogP contribution is 2.16. The third kappa shape index (κ3) is 10.1. The van der Waals surface area contributed by atoms with E-state index in [9.17, 15) is 14.4 Å². The maximum Gasteiger partial charge on any atom is 0.334 e. The van der Waals surface area contributed by atoms with Crippen LogP contribution < -0.4 is 0 Å². The largest absolute Gasteiger partial charge is 0.466 e. The van der Waals surface area contributed by atoms with Crippen molar-refractivity contribution in [1.82, 2.24) is 4.90 Å². The second-order valence-electron chi connectivity index (χ2n) is 6.66. The minimum Gasteiger partial charge on any atom is -0.466 e. The number of allylic oxidation sites excluding steroid dienone is 3. The van der Waals surface area contributed by atoms with E-state index < -0.39 is 17.9 Å². The molecule has 0 saturated heterocycles. The van der Waals surface area contributed by atoms with Crippen molar-refractivity contribution in [1.29, 1.82) is 0 Å². The SMILES string of the molecule is CCCCOC(=O)/C(C)=C/C(/C=C(\C)C(=O)OCCN(C)C)=C(\C)C(=O)OC. The molecule has 7 heteroatoms. The average molecular weight is 395 g/mol. The number of unbranched alkanes of at least 4 members (excludes halogenated alkanes) is 1. The number of hydrogen-bond donors (Lipinski definition) is 0. The Balaban J connectivity index is 5.55. The summed E-state index contributed by atoms with van der Waals surface area (Å²) in [6.07, 6.45) is 4.71. The molecular weight excluding hydrogens is 362 g/mol. The van der Waals surface area contributed by atoms with E-state index in [2.05, 4.69) is 0 Å². The van der Waals surface area contributed by atoms with Crippen LogP contribution in [0.5, 0.6) is 0 Å². The summed E-state index contributed by atoms with van der Waals surface area (Å²) >= 11 is 0. The summed E-state index contributed by atoms with van der Waals surface area (Å²) < 4.78 is 15.1. The van der Waals surface area contributed by atoms with Crippen LogP contribution in [0.2, 0.25) is 0 Å². The number of nitrogens with zero attached hydrogens (tertiary/aromatic N) is 1. The van der Waals surface area contributed by atoms with Gasteiger partial charge in [0.15, 0.2) is 0 Å². The molecule has 0 aromatic carbocycles. The van der Waals surface area contributed by atoms with Crippen LogP contribution in [0.15, 0.2) is 34.4 Å². The van der Waals surface area contributed by atoms with Gasteiger partial charge in [-0.15, -0.1) is 0 Å². The van der Waals surface area contributed by atoms with Crippen molar-refractivity contribution in [2.45, 2.75) is 40.5 Å². The first-order valence-corrected chi connectivity index (χ1v) is 9.28. The molecule has 0 N–H and O–H groups in total. The first-order chi connectivity index (χ1) is 13.1. The normalized spacial score (nSPS) is 13.1. The van der Waals surface area contributed by atoms with E-state index in [0.717, 1.165) is 12.8 Å². The number of rotatable bonds is 11. The van der Waals surface area contributed by atoms with Crippen molar-refractivity contribution < 1.29 is 28.6 Å². The molecule has 0 heterocycles. The van der Waals surface area contributed by atoms with Crippen molar-refractivity contribution in [3.8, 4) is 0 Å².